The maximum atomic E-state index is 12.4. The smallest absolute Gasteiger partial charge is 0.317 e. The number of nitrogens with zero attached hydrogens (tertiary/aromatic N) is 2. The maximum Gasteiger partial charge on any atom is 0.317 e. The molecule has 118 valence electrons. The summed E-state index contributed by atoms with van der Waals surface area (Å²) in [6.45, 7) is 6.15. The van der Waals surface area contributed by atoms with Crippen LogP contribution in [0.5, 0.6) is 0 Å². The molecule has 0 saturated heterocycles. The number of urea groups is 1. The maximum absolute atomic E-state index is 12.4. The fraction of sp³-hybridized carbons (Fsp3) is 0.412. The minimum absolute atomic E-state index is 0.0131. The van der Waals surface area contributed by atoms with Gasteiger partial charge in [-0.3, -0.25) is 4.98 Å². The van der Waals surface area contributed by atoms with E-state index < -0.39 is 0 Å². The molecule has 0 radical (unpaired) electrons. The molecule has 0 aromatic carbocycles. The van der Waals surface area contributed by atoms with Crippen LogP contribution in [0.15, 0.2) is 36.7 Å². The van der Waals surface area contributed by atoms with Gasteiger partial charge in [0.25, 0.3) is 0 Å². The quantitative estimate of drug-likeness (QED) is 0.912. The van der Waals surface area contributed by atoms with Gasteiger partial charge in [-0.25, -0.2) is 4.79 Å². The number of thiophene rings is 1. The van der Waals surface area contributed by atoms with E-state index >= 15 is 0 Å². The van der Waals surface area contributed by atoms with Crippen molar-refractivity contribution in [1.82, 2.24) is 15.2 Å². The number of hydrogen-bond donors (Lipinski definition) is 1. The van der Waals surface area contributed by atoms with Crippen molar-refractivity contribution in [3.8, 4) is 0 Å². The van der Waals surface area contributed by atoms with E-state index in [0.717, 1.165) is 12.0 Å². The predicted octanol–water partition coefficient (Wildman–Crippen LogP) is 3.79. The van der Waals surface area contributed by atoms with Gasteiger partial charge >= 0.3 is 6.03 Å². The average molecular weight is 317 g/mol. The molecule has 0 aliphatic heterocycles. The molecule has 22 heavy (non-hydrogen) atoms. The Bertz CT molecular complexity index is 611. The van der Waals surface area contributed by atoms with Crippen molar-refractivity contribution in [1.29, 1.82) is 0 Å². The Morgan fingerprint density at radius 1 is 1.27 bits per heavy atom. The van der Waals surface area contributed by atoms with Gasteiger partial charge in [-0.2, -0.15) is 0 Å². The van der Waals surface area contributed by atoms with E-state index in [1.165, 1.54) is 9.75 Å². The molecular weight excluding hydrogens is 294 g/mol. The molecule has 0 unspecified atom stereocenters. The second-order valence-electron chi connectivity index (χ2n) is 5.63. The Hall–Kier alpha value is -1.88. The van der Waals surface area contributed by atoms with Crippen LogP contribution < -0.4 is 5.32 Å². The number of carbonyl (C=O) groups is 1. The molecule has 2 rings (SSSR count). The van der Waals surface area contributed by atoms with E-state index in [1.807, 2.05) is 33.0 Å². The molecule has 1 N–H and O–H groups in total. The summed E-state index contributed by atoms with van der Waals surface area (Å²) in [5.41, 5.74) is 1.08. The molecule has 0 saturated carbocycles. The summed E-state index contributed by atoms with van der Waals surface area (Å²) < 4.78 is 0. The van der Waals surface area contributed by atoms with Crippen molar-refractivity contribution in [2.24, 2.45) is 0 Å². The third-order valence-electron chi connectivity index (χ3n) is 3.76. The number of amides is 2. The zero-order chi connectivity index (χ0) is 16.1. The first kappa shape index (κ1) is 16.5. The topological polar surface area (TPSA) is 45.2 Å². The van der Waals surface area contributed by atoms with Crippen LogP contribution in [0.4, 0.5) is 4.79 Å². The van der Waals surface area contributed by atoms with Crippen LogP contribution in [-0.4, -0.2) is 29.0 Å². The molecular formula is C17H23N3OS. The Morgan fingerprint density at radius 2 is 1.95 bits per heavy atom. The van der Waals surface area contributed by atoms with Gasteiger partial charge in [0.15, 0.2) is 0 Å². The molecule has 0 bridgehead atoms. The number of hydrogen-bond acceptors (Lipinski definition) is 3. The highest BCUT2D eigenvalue weighted by Crippen LogP contribution is 2.19. The molecule has 0 aliphatic rings. The van der Waals surface area contributed by atoms with Crippen molar-refractivity contribution in [2.75, 3.05) is 7.05 Å². The van der Waals surface area contributed by atoms with Crippen molar-refractivity contribution < 1.29 is 4.79 Å². The Labute approximate surface area is 136 Å². The van der Waals surface area contributed by atoms with Gasteiger partial charge in [-0.1, -0.05) is 0 Å². The summed E-state index contributed by atoms with van der Waals surface area (Å²) in [4.78, 5) is 20.7. The highest BCUT2D eigenvalue weighted by atomic mass is 32.1. The van der Waals surface area contributed by atoms with Crippen molar-refractivity contribution >= 4 is 17.4 Å². The minimum Gasteiger partial charge on any atom is -0.335 e. The number of aryl methyl sites for hydroxylation is 1. The summed E-state index contributed by atoms with van der Waals surface area (Å²) in [6.07, 6.45) is 4.36. The van der Waals surface area contributed by atoms with Crippen LogP contribution >= 0.6 is 11.3 Å². The fourth-order valence-electron chi connectivity index (χ4n) is 2.30. The summed E-state index contributed by atoms with van der Waals surface area (Å²) >= 11 is 1.78. The normalized spacial score (nSPS) is 13.5. The van der Waals surface area contributed by atoms with Crippen molar-refractivity contribution in [3.05, 3.63) is 52.0 Å². The number of aromatic nitrogens is 1. The lowest BCUT2D eigenvalue weighted by molar-refractivity contribution is 0.191. The van der Waals surface area contributed by atoms with E-state index in [9.17, 15) is 4.79 Å². The first-order valence-corrected chi connectivity index (χ1v) is 8.27. The summed E-state index contributed by atoms with van der Waals surface area (Å²) in [7, 11) is 1.82. The summed E-state index contributed by atoms with van der Waals surface area (Å²) in [5, 5.41) is 3.07. The van der Waals surface area contributed by atoms with Gasteiger partial charge in [-0.15, -0.1) is 11.3 Å². The molecule has 5 heteroatoms. The molecule has 2 amide bonds. The second-order valence-corrected chi connectivity index (χ2v) is 7.01. The number of rotatable bonds is 5. The first-order valence-electron chi connectivity index (χ1n) is 7.46. The van der Waals surface area contributed by atoms with Gasteiger partial charge in [0.05, 0.1) is 6.04 Å². The van der Waals surface area contributed by atoms with Crippen molar-refractivity contribution in [2.45, 2.75) is 39.3 Å². The van der Waals surface area contributed by atoms with Crippen LogP contribution in [0.2, 0.25) is 0 Å². The van der Waals surface area contributed by atoms with Gasteiger partial charge in [0.1, 0.15) is 0 Å². The Balaban J connectivity index is 1.90. The average Bonchev–Trinajstić information content (AvgIpc) is 2.91. The largest absolute Gasteiger partial charge is 0.335 e. The molecule has 0 spiro atoms. The number of carbonyl (C=O) groups excluding carboxylic acids is 1. The third-order valence-corrected chi connectivity index (χ3v) is 4.79. The van der Waals surface area contributed by atoms with Crippen LogP contribution in [0.3, 0.4) is 0 Å². The monoisotopic (exact) mass is 317 g/mol. The van der Waals surface area contributed by atoms with Gasteiger partial charge in [0.2, 0.25) is 0 Å². The highest BCUT2D eigenvalue weighted by Gasteiger charge is 2.19. The van der Waals surface area contributed by atoms with Crippen LogP contribution in [-0.2, 0) is 6.42 Å². The minimum atomic E-state index is -0.0508. The molecule has 2 aromatic heterocycles. The number of pyridine rings is 1. The zero-order valence-electron chi connectivity index (χ0n) is 13.5. The Kier molecular flexibility index (Phi) is 5.55. The third kappa shape index (κ3) is 4.31. The Morgan fingerprint density at radius 3 is 2.55 bits per heavy atom. The lowest BCUT2D eigenvalue weighted by Gasteiger charge is -2.27. The SMILES string of the molecule is Cc1ccc(C[C@H](C)NC(=O)N(C)[C@H](C)c2ccncc2)s1. The molecule has 2 atom stereocenters. The van der Waals surface area contributed by atoms with E-state index in [-0.39, 0.29) is 18.1 Å². The van der Waals surface area contributed by atoms with E-state index in [2.05, 4.69) is 29.4 Å². The van der Waals surface area contributed by atoms with E-state index in [4.69, 9.17) is 0 Å². The standard InChI is InChI=1S/C17H23N3OS/c1-12(11-16-6-5-13(2)22-16)19-17(21)20(4)14(3)15-7-9-18-10-8-15/h5-10,12,14H,11H2,1-4H3,(H,19,21)/t12-,14+/m0/s1. The zero-order valence-corrected chi connectivity index (χ0v) is 14.4. The van der Waals surface area contributed by atoms with E-state index in [0.29, 0.717) is 0 Å². The first-order chi connectivity index (χ1) is 10.5. The molecule has 0 aliphatic carbocycles. The molecule has 0 fully saturated rings. The van der Waals surface area contributed by atoms with Crippen LogP contribution in [0.1, 0.15) is 35.2 Å². The second kappa shape index (κ2) is 7.40. The fourth-order valence-corrected chi connectivity index (χ4v) is 3.32. The van der Waals surface area contributed by atoms with Gasteiger partial charge in [-0.05, 0) is 50.6 Å². The molecule has 2 aromatic rings. The number of nitrogens with one attached hydrogen (secondary N) is 1. The van der Waals surface area contributed by atoms with E-state index in [1.54, 1.807) is 28.6 Å². The molecule has 2 heterocycles. The summed E-state index contributed by atoms with van der Waals surface area (Å²) in [6, 6.07) is 8.19. The lowest BCUT2D eigenvalue weighted by atomic mass is 10.1. The van der Waals surface area contributed by atoms with Gasteiger partial charge in [0, 0.05) is 41.7 Å². The van der Waals surface area contributed by atoms with Gasteiger partial charge < -0.3 is 10.2 Å². The highest BCUT2D eigenvalue weighted by molar-refractivity contribution is 7.11. The lowest BCUT2D eigenvalue weighted by Crippen LogP contribution is -2.43. The van der Waals surface area contributed by atoms with Crippen LogP contribution in [0, 0.1) is 6.92 Å². The summed E-state index contributed by atoms with van der Waals surface area (Å²) in [5.74, 6) is 0. The van der Waals surface area contributed by atoms with Crippen LogP contribution in [0.25, 0.3) is 0 Å². The predicted molar refractivity (Wildman–Crippen MR) is 91.2 cm³/mol. The van der Waals surface area contributed by atoms with Crippen molar-refractivity contribution in [3.63, 3.8) is 0 Å². The molecule has 4 nitrogen and oxygen atoms in total.